The van der Waals surface area contributed by atoms with Gasteiger partial charge in [-0.2, -0.15) is 0 Å². The summed E-state index contributed by atoms with van der Waals surface area (Å²) in [5, 5.41) is 11.7. The molecule has 0 aliphatic heterocycles. The Kier molecular flexibility index (Phi) is 3.14. The van der Waals surface area contributed by atoms with Crippen molar-refractivity contribution in [3.05, 3.63) is 17.3 Å². The van der Waals surface area contributed by atoms with E-state index in [0.29, 0.717) is 11.6 Å². The number of rotatable bonds is 3. The molecule has 0 unspecified atom stereocenters. The zero-order chi connectivity index (χ0) is 11.6. The van der Waals surface area contributed by atoms with E-state index < -0.39 is 5.54 Å². The van der Waals surface area contributed by atoms with Gasteiger partial charge in [0, 0.05) is 6.92 Å². The second kappa shape index (κ2) is 4.02. The van der Waals surface area contributed by atoms with Crippen LogP contribution in [0.3, 0.4) is 0 Å². The summed E-state index contributed by atoms with van der Waals surface area (Å²) in [7, 11) is 0. The minimum absolute atomic E-state index is 0.134. The predicted octanol–water partition coefficient (Wildman–Crippen LogP) is 0.792. The maximum atomic E-state index is 11.7. The summed E-state index contributed by atoms with van der Waals surface area (Å²) < 4.78 is 5.16. The van der Waals surface area contributed by atoms with E-state index in [2.05, 4.69) is 10.3 Å². The Morgan fingerprint density at radius 3 is 2.53 bits per heavy atom. The van der Waals surface area contributed by atoms with Gasteiger partial charge in [-0.05, 0) is 20.8 Å². The van der Waals surface area contributed by atoms with Gasteiger partial charge in [-0.1, -0.05) is 0 Å². The molecule has 0 radical (unpaired) electrons. The van der Waals surface area contributed by atoms with E-state index in [4.69, 9.17) is 9.52 Å². The van der Waals surface area contributed by atoms with Crippen molar-refractivity contribution in [2.24, 2.45) is 0 Å². The Morgan fingerprint density at radius 1 is 1.53 bits per heavy atom. The largest absolute Gasteiger partial charge is 0.436 e. The van der Waals surface area contributed by atoms with Gasteiger partial charge in [0.25, 0.3) is 5.91 Å². The number of aromatic nitrogens is 1. The Bertz CT molecular complexity index is 369. The molecule has 0 bridgehead atoms. The third kappa shape index (κ3) is 2.79. The third-order valence-electron chi connectivity index (χ3n) is 1.96. The van der Waals surface area contributed by atoms with Gasteiger partial charge in [0.1, 0.15) is 0 Å². The molecule has 0 atom stereocenters. The number of aryl methyl sites for hydroxylation is 2. The molecule has 0 aromatic carbocycles. The first-order chi connectivity index (χ1) is 6.85. The van der Waals surface area contributed by atoms with Crippen molar-refractivity contribution >= 4 is 5.91 Å². The van der Waals surface area contributed by atoms with Crippen LogP contribution in [0, 0.1) is 13.8 Å². The summed E-state index contributed by atoms with van der Waals surface area (Å²) in [6, 6.07) is 0. The monoisotopic (exact) mass is 212 g/mol. The first kappa shape index (κ1) is 11.7. The second-order valence-corrected chi connectivity index (χ2v) is 4.14. The highest BCUT2D eigenvalue weighted by atomic mass is 16.4. The molecule has 0 spiro atoms. The molecule has 0 fully saturated rings. The quantitative estimate of drug-likeness (QED) is 0.776. The minimum Gasteiger partial charge on any atom is -0.436 e. The Labute approximate surface area is 88.5 Å². The molecule has 5 heteroatoms. The molecular weight excluding hydrogens is 196 g/mol. The van der Waals surface area contributed by atoms with E-state index in [-0.39, 0.29) is 18.3 Å². The van der Waals surface area contributed by atoms with Gasteiger partial charge in [0.2, 0.25) is 5.76 Å². The zero-order valence-corrected chi connectivity index (χ0v) is 9.42. The van der Waals surface area contributed by atoms with E-state index in [1.807, 2.05) is 0 Å². The number of nitrogens with one attached hydrogen (secondary N) is 1. The Balaban J connectivity index is 2.82. The number of hydrogen-bond acceptors (Lipinski definition) is 4. The molecule has 1 amide bonds. The fourth-order valence-electron chi connectivity index (χ4n) is 1.15. The Morgan fingerprint density at radius 2 is 2.13 bits per heavy atom. The second-order valence-electron chi connectivity index (χ2n) is 4.14. The van der Waals surface area contributed by atoms with E-state index >= 15 is 0 Å². The molecule has 1 heterocycles. The number of aliphatic hydroxyl groups is 1. The summed E-state index contributed by atoms with van der Waals surface area (Å²) in [5.41, 5.74) is -0.108. The summed E-state index contributed by atoms with van der Waals surface area (Å²) in [6.45, 7) is 6.70. The van der Waals surface area contributed by atoms with Crippen LogP contribution in [0.2, 0.25) is 0 Å². The molecule has 0 saturated carbocycles. The standard InChI is InChI=1S/C10H16N2O3/c1-6-8(15-7(2)11-6)9(14)12-10(3,4)5-13/h13H,5H2,1-4H3,(H,12,14). The average molecular weight is 212 g/mol. The van der Waals surface area contributed by atoms with E-state index in [1.54, 1.807) is 27.7 Å². The molecule has 5 nitrogen and oxygen atoms in total. The average Bonchev–Trinajstić information content (AvgIpc) is 2.45. The van der Waals surface area contributed by atoms with Gasteiger partial charge >= 0.3 is 0 Å². The predicted molar refractivity (Wildman–Crippen MR) is 54.6 cm³/mol. The number of aliphatic hydroxyl groups excluding tert-OH is 1. The number of nitrogens with zero attached hydrogens (tertiary/aromatic N) is 1. The van der Waals surface area contributed by atoms with Gasteiger partial charge in [-0.25, -0.2) is 4.98 Å². The Hall–Kier alpha value is -1.36. The minimum atomic E-state index is -0.662. The molecule has 1 aromatic rings. The lowest BCUT2D eigenvalue weighted by Crippen LogP contribution is -2.46. The highest BCUT2D eigenvalue weighted by Crippen LogP contribution is 2.11. The van der Waals surface area contributed by atoms with Gasteiger partial charge in [0.05, 0.1) is 17.8 Å². The lowest BCUT2D eigenvalue weighted by atomic mass is 10.1. The van der Waals surface area contributed by atoms with Crippen molar-refractivity contribution in [1.82, 2.24) is 10.3 Å². The molecule has 15 heavy (non-hydrogen) atoms. The van der Waals surface area contributed by atoms with Crippen molar-refractivity contribution < 1.29 is 14.3 Å². The van der Waals surface area contributed by atoms with E-state index in [0.717, 1.165) is 0 Å². The molecule has 0 aliphatic rings. The lowest BCUT2D eigenvalue weighted by molar-refractivity contribution is 0.0839. The van der Waals surface area contributed by atoms with Crippen LogP contribution in [0.1, 0.15) is 36.0 Å². The van der Waals surface area contributed by atoms with Gasteiger partial charge < -0.3 is 14.8 Å². The van der Waals surface area contributed by atoms with Crippen molar-refractivity contribution in [3.8, 4) is 0 Å². The SMILES string of the molecule is Cc1nc(C)c(C(=O)NC(C)(C)CO)o1. The molecular formula is C10H16N2O3. The molecule has 1 rings (SSSR count). The third-order valence-corrected chi connectivity index (χ3v) is 1.96. The maximum absolute atomic E-state index is 11.7. The lowest BCUT2D eigenvalue weighted by Gasteiger charge is -2.22. The van der Waals surface area contributed by atoms with Crippen LogP contribution in [0.4, 0.5) is 0 Å². The fraction of sp³-hybridized carbons (Fsp3) is 0.600. The molecule has 84 valence electrons. The van der Waals surface area contributed by atoms with Crippen molar-refractivity contribution in [2.75, 3.05) is 6.61 Å². The van der Waals surface area contributed by atoms with Crippen LogP contribution >= 0.6 is 0 Å². The number of oxazole rings is 1. The summed E-state index contributed by atoms with van der Waals surface area (Å²) >= 11 is 0. The van der Waals surface area contributed by atoms with Crippen molar-refractivity contribution in [1.29, 1.82) is 0 Å². The highest BCUT2D eigenvalue weighted by Gasteiger charge is 2.23. The highest BCUT2D eigenvalue weighted by molar-refractivity contribution is 5.92. The zero-order valence-electron chi connectivity index (χ0n) is 9.42. The summed E-state index contributed by atoms with van der Waals surface area (Å²) in [4.78, 5) is 15.7. The van der Waals surface area contributed by atoms with Crippen LogP contribution in [0.15, 0.2) is 4.42 Å². The number of carbonyl (C=O) groups excluding carboxylic acids is 1. The number of hydrogen-bond donors (Lipinski definition) is 2. The smallest absolute Gasteiger partial charge is 0.289 e. The fourth-order valence-corrected chi connectivity index (χ4v) is 1.15. The van der Waals surface area contributed by atoms with Crippen LogP contribution < -0.4 is 5.32 Å². The van der Waals surface area contributed by atoms with Crippen molar-refractivity contribution in [2.45, 2.75) is 33.2 Å². The van der Waals surface area contributed by atoms with Gasteiger partial charge in [-0.3, -0.25) is 4.79 Å². The molecule has 2 N–H and O–H groups in total. The molecule has 0 saturated heterocycles. The first-order valence-corrected chi connectivity index (χ1v) is 4.73. The molecule has 1 aromatic heterocycles. The van der Waals surface area contributed by atoms with Crippen LogP contribution in [0.25, 0.3) is 0 Å². The van der Waals surface area contributed by atoms with Gasteiger partial charge in [-0.15, -0.1) is 0 Å². The van der Waals surface area contributed by atoms with Crippen LogP contribution in [-0.4, -0.2) is 28.1 Å². The number of carbonyl (C=O) groups is 1. The van der Waals surface area contributed by atoms with Gasteiger partial charge in [0.15, 0.2) is 5.89 Å². The van der Waals surface area contributed by atoms with Crippen LogP contribution in [0.5, 0.6) is 0 Å². The summed E-state index contributed by atoms with van der Waals surface area (Å²) in [5.74, 6) is 0.306. The van der Waals surface area contributed by atoms with Crippen molar-refractivity contribution in [3.63, 3.8) is 0 Å². The first-order valence-electron chi connectivity index (χ1n) is 4.73. The topological polar surface area (TPSA) is 75.4 Å². The molecule has 0 aliphatic carbocycles. The number of amides is 1. The van der Waals surface area contributed by atoms with Crippen LogP contribution in [-0.2, 0) is 0 Å². The normalized spacial score (nSPS) is 11.5. The maximum Gasteiger partial charge on any atom is 0.289 e. The van der Waals surface area contributed by atoms with E-state index in [1.165, 1.54) is 0 Å². The van der Waals surface area contributed by atoms with E-state index in [9.17, 15) is 4.79 Å². The summed E-state index contributed by atoms with van der Waals surface area (Å²) in [6.07, 6.45) is 0.